The van der Waals surface area contributed by atoms with E-state index in [0.29, 0.717) is 11.8 Å². The molecule has 10 nitrogen and oxygen atoms in total. The van der Waals surface area contributed by atoms with Gasteiger partial charge >= 0.3 is 0 Å². The molecule has 6 aromatic heterocycles. The Bertz CT molecular complexity index is 2520. The minimum absolute atomic E-state index is 0.374. The van der Waals surface area contributed by atoms with Gasteiger partial charge in [-0.05, 0) is 135 Å². The SMILES string of the molecule is Cc1cn(-c2ccc(/C=C/c3nc4n(n3)CCC[C@@H]4c3cccs3)cc2C)cn1.Cc1cn(-c2ccc(/C=C/c3nc4n(n3)CCC[C@H]4c3cccs3)cc2C)cn1. The average molecular weight is 803 g/mol. The third-order valence-electron chi connectivity index (χ3n) is 10.8. The normalized spacial score (nSPS) is 16.4. The summed E-state index contributed by atoms with van der Waals surface area (Å²) in [5.41, 5.74) is 9.04. The van der Waals surface area contributed by atoms with Gasteiger partial charge in [0.25, 0.3) is 0 Å². The van der Waals surface area contributed by atoms with Crippen LogP contribution < -0.4 is 0 Å². The molecule has 0 spiro atoms. The highest BCUT2D eigenvalue weighted by atomic mass is 32.1. The van der Waals surface area contributed by atoms with Crippen molar-refractivity contribution in [3.05, 3.63) is 163 Å². The van der Waals surface area contributed by atoms with E-state index in [0.717, 1.165) is 96.0 Å². The topological polar surface area (TPSA) is 97.1 Å². The zero-order chi connectivity index (χ0) is 39.6. The summed E-state index contributed by atoms with van der Waals surface area (Å²) in [7, 11) is 0. The Balaban J connectivity index is 0.000000150. The second-order valence-corrected chi connectivity index (χ2v) is 17.1. The summed E-state index contributed by atoms with van der Waals surface area (Å²) in [5, 5.41) is 13.7. The predicted octanol–water partition coefficient (Wildman–Crippen LogP) is 10.5. The monoisotopic (exact) mass is 802 g/mol. The molecule has 0 aliphatic carbocycles. The number of aromatic nitrogens is 10. The molecular weight excluding hydrogens is 757 g/mol. The molecule has 2 aliphatic rings. The van der Waals surface area contributed by atoms with E-state index in [9.17, 15) is 0 Å². The van der Waals surface area contributed by atoms with Crippen LogP contribution in [0.5, 0.6) is 0 Å². The third-order valence-corrected chi connectivity index (χ3v) is 12.8. The molecule has 292 valence electrons. The van der Waals surface area contributed by atoms with Crippen LogP contribution in [0.25, 0.3) is 35.7 Å². The van der Waals surface area contributed by atoms with Gasteiger partial charge in [-0.15, -0.1) is 22.7 Å². The lowest BCUT2D eigenvalue weighted by Crippen LogP contribution is -2.17. The minimum Gasteiger partial charge on any atom is -0.306 e. The summed E-state index contributed by atoms with van der Waals surface area (Å²) in [6.45, 7) is 10.2. The van der Waals surface area contributed by atoms with E-state index in [1.54, 1.807) is 0 Å². The number of hydrogen-bond donors (Lipinski definition) is 0. The molecule has 8 aromatic rings. The van der Waals surface area contributed by atoms with Crippen molar-refractivity contribution in [2.24, 2.45) is 0 Å². The Morgan fingerprint density at radius 2 is 1.05 bits per heavy atom. The summed E-state index contributed by atoms with van der Waals surface area (Å²) in [5.74, 6) is 4.52. The van der Waals surface area contributed by atoms with Crippen LogP contribution in [0, 0.1) is 27.7 Å². The van der Waals surface area contributed by atoms with Crippen molar-refractivity contribution in [3.63, 3.8) is 0 Å². The van der Waals surface area contributed by atoms with Gasteiger partial charge in [0.2, 0.25) is 0 Å². The van der Waals surface area contributed by atoms with Crippen LogP contribution in [0.3, 0.4) is 0 Å². The molecule has 0 radical (unpaired) electrons. The first-order chi connectivity index (χ1) is 28.3. The van der Waals surface area contributed by atoms with Gasteiger partial charge in [-0.1, -0.05) is 36.4 Å². The van der Waals surface area contributed by atoms with Gasteiger partial charge in [-0.25, -0.2) is 29.3 Å². The largest absolute Gasteiger partial charge is 0.306 e. The first-order valence-corrected chi connectivity index (χ1v) is 21.7. The van der Waals surface area contributed by atoms with Crippen LogP contribution in [0.15, 0.2) is 96.5 Å². The number of thiophene rings is 2. The van der Waals surface area contributed by atoms with Gasteiger partial charge in [0.1, 0.15) is 11.6 Å². The Morgan fingerprint density at radius 3 is 1.43 bits per heavy atom. The lowest BCUT2D eigenvalue weighted by Gasteiger charge is -2.20. The van der Waals surface area contributed by atoms with Crippen molar-refractivity contribution in [1.29, 1.82) is 0 Å². The number of imidazole rings is 2. The maximum atomic E-state index is 4.85. The van der Waals surface area contributed by atoms with E-state index in [4.69, 9.17) is 20.2 Å². The van der Waals surface area contributed by atoms with Crippen LogP contribution in [-0.2, 0) is 13.1 Å². The molecule has 58 heavy (non-hydrogen) atoms. The number of aryl methyl sites for hydroxylation is 6. The molecule has 0 unspecified atom stereocenters. The molecule has 0 saturated heterocycles. The van der Waals surface area contributed by atoms with Crippen LogP contribution in [0.2, 0.25) is 0 Å². The van der Waals surface area contributed by atoms with Gasteiger partial charge in [-0.3, -0.25) is 0 Å². The molecular formula is C46H46N10S2. The van der Waals surface area contributed by atoms with Gasteiger partial charge < -0.3 is 9.13 Å². The zero-order valence-corrected chi connectivity index (χ0v) is 34.9. The molecule has 0 N–H and O–H groups in total. The molecule has 0 bridgehead atoms. The summed E-state index contributed by atoms with van der Waals surface area (Å²) in [4.78, 5) is 21.1. The van der Waals surface area contributed by atoms with Crippen molar-refractivity contribution < 1.29 is 0 Å². The molecule has 0 fully saturated rings. The fraction of sp³-hybridized carbons (Fsp3) is 0.261. The van der Waals surface area contributed by atoms with E-state index in [1.807, 2.05) is 73.7 Å². The van der Waals surface area contributed by atoms with Gasteiger partial charge in [0.05, 0.1) is 35.9 Å². The standard InChI is InChI=1S/2C23H23N5S/c2*1-16-13-18(7-9-20(16)27-14-17(2)24-15-27)8-10-22-25-23-19(21-6-4-12-29-21)5-3-11-28(23)26-22/h2*4,6-10,12-15,19H,3,5,11H2,1-2H3/b2*10-8+/t2*19-/m10/s1. The maximum Gasteiger partial charge on any atom is 0.174 e. The van der Waals surface area contributed by atoms with Crippen LogP contribution >= 0.6 is 22.7 Å². The molecule has 2 aliphatic heterocycles. The summed E-state index contributed by atoms with van der Waals surface area (Å²) >= 11 is 3.62. The van der Waals surface area contributed by atoms with Crippen molar-refractivity contribution >= 4 is 47.0 Å². The highest BCUT2D eigenvalue weighted by Gasteiger charge is 2.27. The fourth-order valence-corrected chi connectivity index (χ4v) is 9.71. The number of hydrogen-bond acceptors (Lipinski definition) is 8. The Kier molecular flexibility index (Phi) is 10.7. The number of benzene rings is 2. The molecule has 8 heterocycles. The highest BCUT2D eigenvalue weighted by Crippen LogP contribution is 2.36. The van der Waals surface area contributed by atoms with Gasteiger partial charge in [-0.2, -0.15) is 10.2 Å². The number of nitrogens with zero attached hydrogens (tertiary/aromatic N) is 10. The summed E-state index contributed by atoms with van der Waals surface area (Å²) < 4.78 is 8.30. The quantitative estimate of drug-likeness (QED) is 0.152. The Labute approximate surface area is 346 Å². The molecule has 10 rings (SSSR count). The predicted molar refractivity (Wildman–Crippen MR) is 235 cm³/mol. The summed E-state index contributed by atoms with van der Waals surface area (Å²) in [6, 6.07) is 21.5. The van der Waals surface area contributed by atoms with Crippen molar-refractivity contribution in [1.82, 2.24) is 48.6 Å². The molecule has 12 heteroatoms. The number of fused-ring (bicyclic) bond motifs is 2. The van der Waals surface area contributed by atoms with E-state index in [1.165, 1.54) is 20.9 Å². The van der Waals surface area contributed by atoms with Crippen molar-refractivity contribution in [3.8, 4) is 11.4 Å². The van der Waals surface area contributed by atoms with Crippen molar-refractivity contribution in [2.75, 3.05) is 0 Å². The third kappa shape index (κ3) is 8.07. The molecule has 2 aromatic carbocycles. The average Bonchev–Trinajstić information content (AvgIpc) is 4.08. The van der Waals surface area contributed by atoms with Gasteiger partial charge in [0.15, 0.2) is 11.6 Å². The summed E-state index contributed by atoms with van der Waals surface area (Å²) in [6.07, 6.45) is 20.6. The van der Waals surface area contributed by atoms with E-state index < -0.39 is 0 Å². The van der Waals surface area contributed by atoms with Gasteiger partial charge in [0, 0.05) is 46.6 Å². The van der Waals surface area contributed by atoms with Crippen LogP contribution in [0.4, 0.5) is 0 Å². The fourth-order valence-electron chi connectivity index (χ4n) is 7.99. The van der Waals surface area contributed by atoms with E-state index in [2.05, 4.69) is 126 Å². The number of rotatable bonds is 8. The molecule has 2 atom stereocenters. The Morgan fingerprint density at radius 1 is 0.586 bits per heavy atom. The Hall–Kier alpha value is -5.98. The lowest BCUT2D eigenvalue weighted by atomic mass is 9.97. The van der Waals surface area contributed by atoms with Crippen LogP contribution in [0.1, 0.15) is 104 Å². The van der Waals surface area contributed by atoms with Crippen LogP contribution in [-0.4, -0.2) is 48.6 Å². The first-order valence-electron chi connectivity index (χ1n) is 19.9. The second-order valence-electron chi connectivity index (χ2n) is 15.1. The second kappa shape index (κ2) is 16.5. The maximum absolute atomic E-state index is 4.85. The smallest absolute Gasteiger partial charge is 0.174 e. The highest BCUT2D eigenvalue weighted by molar-refractivity contribution is 7.10. The lowest BCUT2D eigenvalue weighted by molar-refractivity contribution is 0.448. The molecule has 0 amide bonds. The minimum atomic E-state index is 0.374. The van der Waals surface area contributed by atoms with Crippen molar-refractivity contribution in [2.45, 2.75) is 78.3 Å². The zero-order valence-electron chi connectivity index (χ0n) is 33.2. The first kappa shape index (κ1) is 37.6. The van der Waals surface area contributed by atoms with E-state index in [-0.39, 0.29) is 0 Å². The van der Waals surface area contributed by atoms with E-state index >= 15 is 0 Å². The molecule has 0 saturated carbocycles.